The molecule has 1 aliphatic carbocycles. The molecule has 7 nitrogen and oxygen atoms in total. The summed E-state index contributed by atoms with van der Waals surface area (Å²) in [5, 5.41) is 6.23. The Bertz CT molecular complexity index is 1470. The third kappa shape index (κ3) is 3.58. The lowest BCUT2D eigenvalue weighted by Crippen LogP contribution is -2.30. The van der Waals surface area contributed by atoms with Crippen LogP contribution >= 0.6 is 0 Å². The molecule has 3 aromatic heterocycles. The van der Waals surface area contributed by atoms with Crippen molar-refractivity contribution in [3.63, 3.8) is 0 Å². The molecule has 2 aliphatic heterocycles. The number of carbonyl (C=O) groups is 1. The van der Waals surface area contributed by atoms with Crippen LogP contribution in [-0.2, 0) is 19.4 Å². The first-order valence-electron chi connectivity index (χ1n) is 12.5. The summed E-state index contributed by atoms with van der Waals surface area (Å²) in [6.45, 7) is 4.74. The Hall–Kier alpha value is -3.71. The Labute approximate surface area is 204 Å². The Kier molecular flexibility index (Phi) is 4.67. The van der Waals surface area contributed by atoms with Crippen LogP contribution in [0.3, 0.4) is 0 Å². The van der Waals surface area contributed by atoms with Crippen LogP contribution in [0.15, 0.2) is 54.9 Å². The first-order chi connectivity index (χ1) is 17.1. The second kappa shape index (κ2) is 7.92. The van der Waals surface area contributed by atoms with Gasteiger partial charge >= 0.3 is 0 Å². The maximum absolute atomic E-state index is 13.3. The van der Waals surface area contributed by atoms with Crippen LogP contribution in [0, 0.1) is 6.92 Å². The molecule has 1 amide bonds. The van der Waals surface area contributed by atoms with Crippen LogP contribution in [0.5, 0.6) is 0 Å². The number of benzene rings is 1. The standard InChI is InChI=1S/C28H28N6O/c1-18-5-9-26-23(15-29-33(26)16-18)21-3-2-4-22-24(21)17-34(28(22)35)31-27-10-6-19-11-13-32(20-7-8-20)14-12-25(19)30-27/h2-6,9-10,15-16,20H,7-8,11-14,17H2,1H3,(H,30,31). The van der Waals surface area contributed by atoms with Crippen molar-refractivity contribution in [2.24, 2.45) is 0 Å². The molecule has 5 heterocycles. The Morgan fingerprint density at radius 1 is 0.971 bits per heavy atom. The largest absolute Gasteiger partial charge is 0.300 e. The van der Waals surface area contributed by atoms with Crippen molar-refractivity contribution in [1.82, 2.24) is 24.5 Å². The van der Waals surface area contributed by atoms with Crippen LogP contribution in [-0.4, -0.2) is 49.5 Å². The highest BCUT2D eigenvalue weighted by Crippen LogP contribution is 2.35. The Morgan fingerprint density at radius 2 is 1.83 bits per heavy atom. The van der Waals surface area contributed by atoms with E-state index in [-0.39, 0.29) is 5.91 Å². The van der Waals surface area contributed by atoms with Crippen LogP contribution in [0.2, 0.25) is 0 Å². The van der Waals surface area contributed by atoms with E-state index in [1.165, 1.54) is 18.4 Å². The second-order valence-electron chi connectivity index (χ2n) is 10.00. The van der Waals surface area contributed by atoms with Crippen molar-refractivity contribution in [3.05, 3.63) is 82.8 Å². The molecule has 7 heteroatoms. The Balaban J connectivity index is 1.15. The molecule has 0 spiro atoms. The number of fused-ring (bicyclic) bond motifs is 3. The quantitative estimate of drug-likeness (QED) is 0.489. The summed E-state index contributed by atoms with van der Waals surface area (Å²) in [7, 11) is 0. The smallest absolute Gasteiger partial charge is 0.272 e. The number of carbonyl (C=O) groups excluding carboxylic acids is 1. The van der Waals surface area contributed by atoms with Gasteiger partial charge in [-0.05, 0) is 66.6 Å². The monoisotopic (exact) mass is 464 g/mol. The zero-order chi connectivity index (χ0) is 23.5. The van der Waals surface area contributed by atoms with E-state index < -0.39 is 0 Å². The topological polar surface area (TPSA) is 65.8 Å². The fourth-order valence-corrected chi connectivity index (χ4v) is 5.58. The fourth-order valence-electron chi connectivity index (χ4n) is 5.58. The van der Waals surface area contributed by atoms with Gasteiger partial charge in [0.2, 0.25) is 0 Å². The van der Waals surface area contributed by atoms with Gasteiger partial charge in [-0.3, -0.25) is 15.1 Å². The molecular weight excluding hydrogens is 436 g/mol. The molecule has 0 bridgehead atoms. The first kappa shape index (κ1) is 20.6. The average molecular weight is 465 g/mol. The number of amides is 1. The van der Waals surface area contributed by atoms with Gasteiger partial charge in [0, 0.05) is 48.6 Å². The van der Waals surface area contributed by atoms with Crippen molar-refractivity contribution >= 4 is 17.2 Å². The molecular formula is C28H28N6O. The lowest BCUT2D eigenvalue weighted by atomic mass is 9.98. The molecule has 176 valence electrons. The third-order valence-electron chi connectivity index (χ3n) is 7.61. The number of hydrazine groups is 1. The molecule has 1 saturated carbocycles. The Morgan fingerprint density at radius 3 is 2.71 bits per heavy atom. The first-order valence-corrected chi connectivity index (χ1v) is 12.5. The second-order valence-corrected chi connectivity index (χ2v) is 10.00. The van der Waals surface area contributed by atoms with Gasteiger partial charge in [0.15, 0.2) is 0 Å². The van der Waals surface area contributed by atoms with Crippen molar-refractivity contribution in [3.8, 4) is 11.1 Å². The van der Waals surface area contributed by atoms with Gasteiger partial charge in [-0.25, -0.2) is 14.5 Å². The zero-order valence-electron chi connectivity index (χ0n) is 19.9. The van der Waals surface area contributed by atoms with Gasteiger partial charge in [0.25, 0.3) is 5.91 Å². The van der Waals surface area contributed by atoms with Crippen LogP contribution < -0.4 is 5.43 Å². The minimum Gasteiger partial charge on any atom is -0.300 e. The van der Waals surface area contributed by atoms with Gasteiger partial charge < -0.3 is 0 Å². The number of pyridine rings is 2. The van der Waals surface area contributed by atoms with Gasteiger partial charge in [0.1, 0.15) is 5.82 Å². The summed E-state index contributed by atoms with van der Waals surface area (Å²) in [5.74, 6) is 0.712. The summed E-state index contributed by atoms with van der Waals surface area (Å²) in [6.07, 6.45) is 8.61. The molecule has 4 aromatic rings. The lowest BCUT2D eigenvalue weighted by Gasteiger charge is -2.19. The molecule has 7 rings (SSSR count). The van der Waals surface area contributed by atoms with E-state index in [9.17, 15) is 4.79 Å². The molecule has 1 N–H and O–H groups in total. The fraction of sp³-hybridized carbons (Fsp3) is 0.321. The number of anilines is 1. The van der Waals surface area contributed by atoms with Gasteiger partial charge in [0.05, 0.1) is 18.3 Å². The highest BCUT2D eigenvalue weighted by Gasteiger charge is 2.32. The van der Waals surface area contributed by atoms with Crippen molar-refractivity contribution < 1.29 is 4.79 Å². The lowest BCUT2D eigenvalue weighted by molar-refractivity contribution is 0.0814. The molecule has 0 saturated heterocycles. The predicted molar refractivity (Wildman–Crippen MR) is 135 cm³/mol. The van der Waals surface area contributed by atoms with E-state index in [1.54, 1.807) is 5.01 Å². The van der Waals surface area contributed by atoms with E-state index in [4.69, 9.17) is 4.98 Å². The summed E-state index contributed by atoms with van der Waals surface area (Å²) in [4.78, 5) is 20.8. The minimum absolute atomic E-state index is 0.0224. The number of hydrogen-bond donors (Lipinski definition) is 1. The predicted octanol–water partition coefficient (Wildman–Crippen LogP) is 4.25. The van der Waals surface area contributed by atoms with E-state index in [0.29, 0.717) is 6.54 Å². The van der Waals surface area contributed by atoms with Gasteiger partial charge in [-0.15, -0.1) is 0 Å². The highest BCUT2D eigenvalue weighted by molar-refractivity contribution is 6.02. The van der Waals surface area contributed by atoms with E-state index in [2.05, 4.69) is 46.6 Å². The molecule has 3 aliphatic rings. The summed E-state index contributed by atoms with van der Waals surface area (Å²) in [5.41, 5.74) is 11.8. The minimum atomic E-state index is -0.0224. The van der Waals surface area contributed by atoms with Crippen molar-refractivity contribution in [2.75, 3.05) is 18.5 Å². The normalized spacial score (nSPS) is 18.0. The van der Waals surface area contributed by atoms with E-state index >= 15 is 0 Å². The van der Waals surface area contributed by atoms with Crippen LogP contribution in [0.25, 0.3) is 16.6 Å². The molecule has 0 atom stereocenters. The van der Waals surface area contributed by atoms with E-state index in [0.717, 1.165) is 76.8 Å². The summed E-state index contributed by atoms with van der Waals surface area (Å²) < 4.78 is 1.90. The zero-order valence-corrected chi connectivity index (χ0v) is 19.9. The summed E-state index contributed by atoms with van der Waals surface area (Å²) >= 11 is 0. The number of nitrogens with zero attached hydrogens (tertiary/aromatic N) is 5. The maximum Gasteiger partial charge on any atom is 0.272 e. The number of nitrogens with one attached hydrogen (secondary N) is 1. The maximum atomic E-state index is 13.3. The van der Waals surface area contributed by atoms with Gasteiger partial charge in [-0.2, -0.15) is 5.10 Å². The van der Waals surface area contributed by atoms with Crippen molar-refractivity contribution in [2.45, 2.75) is 45.2 Å². The number of hydrogen-bond acceptors (Lipinski definition) is 5. The van der Waals surface area contributed by atoms with Crippen LogP contribution in [0.1, 0.15) is 45.6 Å². The molecule has 0 unspecified atom stereocenters. The van der Waals surface area contributed by atoms with Crippen LogP contribution in [0.4, 0.5) is 5.82 Å². The van der Waals surface area contributed by atoms with E-state index in [1.807, 2.05) is 35.1 Å². The van der Waals surface area contributed by atoms with Crippen molar-refractivity contribution in [1.29, 1.82) is 0 Å². The van der Waals surface area contributed by atoms with Gasteiger partial charge in [-0.1, -0.05) is 24.3 Å². The number of aryl methyl sites for hydroxylation is 1. The average Bonchev–Trinajstić information content (AvgIpc) is 3.59. The number of aromatic nitrogens is 3. The highest BCUT2D eigenvalue weighted by atomic mass is 16.2. The SMILES string of the molecule is Cc1ccc2c(-c3cccc4c3CN(Nc3ccc5c(n3)CCN(C3CC3)CC5)C4=O)cnn2c1. The molecule has 1 fully saturated rings. The summed E-state index contributed by atoms with van der Waals surface area (Å²) in [6, 6.07) is 15.1. The molecule has 1 aromatic carbocycles. The third-order valence-corrected chi connectivity index (χ3v) is 7.61. The number of rotatable bonds is 4. The molecule has 0 radical (unpaired) electrons. The molecule has 35 heavy (non-hydrogen) atoms.